The maximum atomic E-state index is 3.62. The van der Waals surface area contributed by atoms with Gasteiger partial charge in [0.05, 0.1) is 0 Å². The van der Waals surface area contributed by atoms with E-state index in [2.05, 4.69) is 58.2 Å². The van der Waals surface area contributed by atoms with Gasteiger partial charge in [-0.25, -0.2) is 0 Å². The normalized spacial score (nSPS) is 17.6. The topological polar surface area (TPSA) is 15.3 Å². The van der Waals surface area contributed by atoms with Gasteiger partial charge in [0.25, 0.3) is 0 Å². The Bertz CT molecular complexity index is 370. The Kier molecular flexibility index (Phi) is 4.60. The van der Waals surface area contributed by atoms with Crippen molar-refractivity contribution in [1.82, 2.24) is 10.2 Å². The number of nitrogens with one attached hydrogen (secondary N) is 1. The first-order chi connectivity index (χ1) is 8.15. The van der Waals surface area contributed by atoms with Crippen molar-refractivity contribution in [2.24, 2.45) is 0 Å². The fraction of sp³-hybridized carbons (Fsp3) is 0.571. The predicted octanol–water partition coefficient (Wildman–Crippen LogP) is 2.98. The third kappa shape index (κ3) is 3.80. The van der Waals surface area contributed by atoms with E-state index in [0.29, 0.717) is 5.92 Å². The first kappa shape index (κ1) is 13.1. The van der Waals surface area contributed by atoms with Gasteiger partial charge in [0, 0.05) is 37.2 Å². The van der Waals surface area contributed by atoms with Crippen LogP contribution in [0.3, 0.4) is 0 Å². The number of hydrogen-bond donors (Lipinski definition) is 1. The summed E-state index contributed by atoms with van der Waals surface area (Å²) in [5.41, 5.74) is 2.84. The molecule has 0 amide bonds. The molecule has 0 unspecified atom stereocenters. The van der Waals surface area contributed by atoms with Gasteiger partial charge in [0.1, 0.15) is 0 Å². The lowest BCUT2D eigenvalue weighted by Gasteiger charge is -2.27. The van der Waals surface area contributed by atoms with Crippen LogP contribution >= 0.6 is 15.9 Å². The van der Waals surface area contributed by atoms with Crippen LogP contribution in [-0.2, 0) is 6.54 Å². The van der Waals surface area contributed by atoms with Crippen LogP contribution in [0, 0.1) is 0 Å². The van der Waals surface area contributed by atoms with Crippen molar-refractivity contribution in [2.75, 3.05) is 26.2 Å². The fourth-order valence-corrected chi connectivity index (χ4v) is 2.79. The first-order valence-corrected chi connectivity index (χ1v) is 7.17. The molecule has 1 aromatic rings. The minimum Gasteiger partial charge on any atom is -0.314 e. The van der Waals surface area contributed by atoms with E-state index in [0.717, 1.165) is 32.7 Å². The van der Waals surface area contributed by atoms with Crippen LogP contribution < -0.4 is 5.32 Å². The van der Waals surface area contributed by atoms with Crippen molar-refractivity contribution in [1.29, 1.82) is 0 Å². The molecule has 0 radical (unpaired) electrons. The Hall–Kier alpha value is -0.380. The van der Waals surface area contributed by atoms with Crippen LogP contribution in [0.5, 0.6) is 0 Å². The predicted molar refractivity (Wildman–Crippen MR) is 76.4 cm³/mol. The summed E-state index contributed by atoms with van der Waals surface area (Å²) >= 11 is 3.62. The number of benzene rings is 1. The molecule has 1 aliphatic rings. The zero-order valence-corrected chi connectivity index (χ0v) is 12.3. The van der Waals surface area contributed by atoms with Gasteiger partial charge in [-0.2, -0.15) is 0 Å². The molecule has 3 heteroatoms. The van der Waals surface area contributed by atoms with Gasteiger partial charge >= 0.3 is 0 Å². The van der Waals surface area contributed by atoms with Crippen molar-refractivity contribution < 1.29 is 0 Å². The van der Waals surface area contributed by atoms with Crippen LogP contribution in [0.4, 0.5) is 0 Å². The maximum Gasteiger partial charge on any atom is 0.0235 e. The van der Waals surface area contributed by atoms with Crippen LogP contribution in [0.1, 0.15) is 30.9 Å². The largest absolute Gasteiger partial charge is 0.314 e. The molecular formula is C14H21BrN2. The van der Waals surface area contributed by atoms with Gasteiger partial charge in [-0.05, 0) is 29.2 Å². The number of nitrogens with zero attached hydrogens (tertiary/aromatic N) is 1. The average molecular weight is 297 g/mol. The monoisotopic (exact) mass is 296 g/mol. The lowest BCUT2D eigenvalue weighted by Crippen LogP contribution is -2.42. The van der Waals surface area contributed by atoms with E-state index in [4.69, 9.17) is 0 Å². The maximum absolute atomic E-state index is 3.62. The lowest BCUT2D eigenvalue weighted by atomic mass is 10.0. The Balaban J connectivity index is 2.09. The molecular weight excluding hydrogens is 276 g/mol. The van der Waals surface area contributed by atoms with Crippen molar-refractivity contribution >= 4 is 15.9 Å². The van der Waals surface area contributed by atoms with Crippen molar-refractivity contribution in [2.45, 2.75) is 26.3 Å². The van der Waals surface area contributed by atoms with E-state index in [9.17, 15) is 0 Å². The summed E-state index contributed by atoms with van der Waals surface area (Å²) in [6.07, 6.45) is 0. The molecule has 1 fully saturated rings. The molecule has 0 aromatic heterocycles. The first-order valence-electron chi connectivity index (χ1n) is 6.37. The Morgan fingerprint density at radius 2 is 1.94 bits per heavy atom. The molecule has 2 rings (SSSR count). The van der Waals surface area contributed by atoms with Gasteiger partial charge < -0.3 is 5.32 Å². The van der Waals surface area contributed by atoms with Gasteiger partial charge in [0.15, 0.2) is 0 Å². The summed E-state index contributed by atoms with van der Waals surface area (Å²) in [7, 11) is 0. The van der Waals surface area contributed by atoms with Gasteiger partial charge in [-0.15, -0.1) is 0 Å². The van der Waals surface area contributed by atoms with E-state index >= 15 is 0 Å². The highest BCUT2D eigenvalue weighted by atomic mass is 79.9. The Labute approximate surface area is 113 Å². The van der Waals surface area contributed by atoms with E-state index < -0.39 is 0 Å². The summed E-state index contributed by atoms with van der Waals surface area (Å²) in [6, 6.07) is 6.82. The van der Waals surface area contributed by atoms with Crippen LogP contribution in [0.2, 0.25) is 0 Å². The molecule has 0 aliphatic carbocycles. The van der Waals surface area contributed by atoms with Crippen molar-refractivity contribution in [3.63, 3.8) is 0 Å². The second kappa shape index (κ2) is 5.98. The Morgan fingerprint density at radius 1 is 1.24 bits per heavy atom. The summed E-state index contributed by atoms with van der Waals surface area (Å²) in [5, 5.41) is 3.39. The molecule has 17 heavy (non-hydrogen) atoms. The second-order valence-electron chi connectivity index (χ2n) is 5.07. The average Bonchev–Trinajstić information content (AvgIpc) is 2.29. The van der Waals surface area contributed by atoms with E-state index in [1.54, 1.807) is 0 Å². The van der Waals surface area contributed by atoms with E-state index in [1.807, 2.05) is 0 Å². The minimum absolute atomic E-state index is 0.592. The smallest absolute Gasteiger partial charge is 0.0235 e. The summed E-state index contributed by atoms with van der Waals surface area (Å²) < 4.78 is 1.20. The molecule has 1 N–H and O–H groups in total. The van der Waals surface area contributed by atoms with Gasteiger partial charge in [-0.1, -0.05) is 35.8 Å². The second-order valence-corrected chi connectivity index (χ2v) is 5.99. The van der Waals surface area contributed by atoms with Crippen LogP contribution in [-0.4, -0.2) is 31.1 Å². The van der Waals surface area contributed by atoms with Gasteiger partial charge in [0.2, 0.25) is 0 Å². The van der Waals surface area contributed by atoms with Crippen molar-refractivity contribution in [3.8, 4) is 0 Å². The molecule has 0 spiro atoms. The number of halogens is 1. The molecule has 1 aliphatic heterocycles. The molecule has 0 bridgehead atoms. The fourth-order valence-electron chi connectivity index (χ4n) is 2.23. The zero-order valence-electron chi connectivity index (χ0n) is 10.7. The number of hydrogen-bond acceptors (Lipinski definition) is 2. The Morgan fingerprint density at radius 3 is 2.59 bits per heavy atom. The zero-order chi connectivity index (χ0) is 12.3. The summed E-state index contributed by atoms with van der Waals surface area (Å²) in [6.45, 7) is 10.1. The molecule has 1 heterocycles. The SMILES string of the molecule is CC(C)c1cc(Br)cc(CN2CCNCC2)c1. The third-order valence-electron chi connectivity index (χ3n) is 3.26. The van der Waals surface area contributed by atoms with E-state index in [1.165, 1.54) is 15.6 Å². The summed E-state index contributed by atoms with van der Waals surface area (Å²) in [5.74, 6) is 0.592. The van der Waals surface area contributed by atoms with Crippen molar-refractivity contribution in [3.05, 3.63) is 33.8 Å². The highest BCUT2D eigenvalue weighted by molar-refractivity contribution is 9.10. The highest BCUT2D eigenvalue weighted by Crippen LogP contribution is 2.22. The molecule has 0 saturated carbocycles. The van der Waals surface area contributed by atoms with Gasteiger partial charge in [-0.3, -0.25) is 4.90 Å². The minimum atomic E-state index is 0.592. The molecule has 1 aromatic carbocycles. The lowest BCUT2D eigenvalue weighted by molar-refractivity contribution is 0.233. The molecule has 2 nitrogen and oxygen atoms in total. The molecule has 0 atom stereocenters. The third-order valence-corrected chi connectivity index (χ3v) is 3.72. The van der Waals surface area contributed by atoms with Crippen LogP contribution in [0.15, 0.2) is 22.7 Å². The molecule has 1 saturated heterocycles. The standard InChI is InChI=1S/C14H21BrN2/c1-11(2)13-7-12(8-14(15)9-13)10-17-5-3-16-4-6-17/h7-9,11,16H,3-6,10H2,1-2H3. The van der Waals surface area contributed by atoms with E-state index in [-0.39, 0.29) is 0 Å². The highest BCUT2D eigenvalue weighted by Gasteiger charge is 2.11. The quantitative estimate of drug-likeness (QED) is 0.922. The summed E-state index contributed by atoms with van der Waals surface area (Å²) in [4.78, 5) is 2.52. The van der Waals surface area contributed by atoms with Crippen LogP contribution in [0.25, 0.3) is 0 Å². The number of rotatable bonds is 3. The molecule has 94 valence electrons. The number of piperazine rings is 1.